The number of methoxy groups -OCH3 is 1. The van der Waals surface area contributed by atoms with E-state index in [2.05, 4.69) is 9.72 Å². The predicted molar refractivity (Wildman–Crippen MR) is 69.2 cm³/mol. The van der Waals surface area contributed by atoms with Gasteiger partial charge in [0.05, 0.1) is 18.0 Å². The quantitative estimate of drug-likeness (QED) is 0.366. The Balaban J connectivity index is 1.93. The van der Waals surface area contributed by atoms with Crippen molar-refractivity contribution < 1.29 is 23.6 Å². The molecule has 0 saturated heterocycles. The fraction of sp³-hybridized carbons (Fsp3) is 0.538. The zero-order chi connectivity index (χ0) is 15.4. The number of hydrogen-bond acceptors (Lipinski definition) is 6. The normalized spacial score (nSPS) is 21.6. The van der Waals surface area contributed by atoms with Gasteiger partial charge < -0.3 is 9.47 Å². The molecule has 8 heteroatoms. The third kappa shape index (κ3) is 3.65. The fourth-order valence-electron chi connectivity index (χ4n) is 2.37. The largest absolute Gasteiger partial charge is 0.474 e. The minimum Gasteiger partial charge on any atom is -0.474 e. The third-order valence-corrected chi connectivity index (χ3v) is 3.50. The summed E-state index contributed by atoms with van der Waals surface area (Å²) in [6.45, 7) is 0. The van der Waals surface area contributed by atoms with Crippen LogP contribution < -0.4 is 4.74 Å². The van der Waals surface area contributed by atoms with Crippen molar-refractivity contribution in [3.05, 3.63) is 28.2 Å². The SMILES string of the molecule is COC(=O)[C@H]1CC[C@H](Oc2ccc([N+](=O)[O-])c(F)n2)CC1. The smallest absolute Gasteiger partial charge is 0.324 e. The standard InChI is InChI=1S/C13H15FN2O5/c1-20-13(17)8-2-4-9(5-3-8)21-11-7-6-10(16(18)19)12(14)15-11/h6-9H,2-5H2,1H3/t8-,9-. The van der Waals surface area contributed by atoms with Crippen LogP contribution in [0.5, 0.6) is 5.88 Å². The second-order valence-corrected chi connectivity index (χ2v) is 4.83. The van der Waals surface area contributed by atoms with Gasteiger partial charge in [0.2, 0.25) is 5.88 Å². The summed E-state index contributed by atoms with van der Waals surface area (Å²) < 4.78 is 23.6. The van der Waals surface area contributed by atoms with Crippen LogP contribution >= 0.6 is 0 Å². The van der Waals surface area contributed by atoms with Gasteiger partial charge in [-0.1, -0.05) is 0 Å². The minimum absolute atomic E-state index is 0.0135. The van der Waals surface area contributed by atoms with Crippen molar-refractivity contribution in [3.8, 4) is 5.88 Å². The van der Waals surface area contributed by atoms with Crippen LogP contribution in [0.1, 0.15) is 25.7 Å². The van der Waals surface area contributed by atoms with Gasteiger partial charge in [-0.3, -0.25) is 14.9 Å². The average Bonchev–Trinajstić information content (AvgIpc) is 2.47. The highest BCUT2D eigenvalue weighted by atomic mass is 19.1. The summed E-state index contributed by atoms with van der Waals surface area (Å²) in [7, 11) is 1.36. The molecule has 1 aliphatic carbocycles. The van der Waals surface area contributed by atoms with Crippen molar-refractivity contribution >= 4 is 11.7 Å². The van der Waals surface area contributed by atoms with E-state index in [1.54, 1.807) is 0 Å². The fourth-order valence-corrected chi connectivity index (χ4v) is 2.37. The van der Waals surface area contributed by atoms with Crippen LogP contribution in [-0.2, 0) is 9.53 Å². The van der Waals surface area contributed by atoms with Crippen LogP contribution in [0, 0.1) is 22.0 Å². The number of rotatable bonds is 4. The molecule has 1 aliphatic rings. The zero-order valence-corrected chi connectivity index (χ0v) is 11.5. The second kappa shape index (κ2) is 6.47. The van der Waals surface area contributed by atoms with Crippen molar-refractivity contribution in [1.82, 2.24) is 4.98 Å². The van der Waals surface area contributed by atoms with Gasteiger partial charge in [-0.2, -0.15) is 9.37 Å². The van der Waals surface area contributed by atoms with Gasteiger partial charge in [-0.05, 0) is 25.7 Å². The number of nitrogens with zero attached hydrogens (tertiary/aromatic N) is 2. The van der Waals surface area contributed by atoms with Crippen LogP contribution in [0.25, 0.3) is 0 Å². The molecule has 1 saturated carbocycles. The first-order valence-electron chi connectivity index (χ1n) is 6.56. The van der Waals surface area contributed by atoms with Gasteiger partial charge in [-0.15, -0.1) is 0 Å². The molecule has 7 nitrogen and oxygen atoms in total. The number of halogens is 1. The first-order chi connectivity index (χ1) is 10.0. The summed E-state index contributed by atoms with van der Waals surface area (Å²) in [4.78, 5) is 24.5. The van der Waals surface area contributed by atoms with Crippen LogP contribution in [0.2, 0.25) is 0 Å². The lowest BCUT2D eigenvalue weighted by molar-refractivity contribution is -0.388. The Bertz CT molecular complexity index is 543. The molecule has 0 spiro atoms. The molecule has 1 heterocycles. The van der Waals surface area contributed by atoms with Crippen LogP contribution in [-0.4, -0.2) is 29.1 Å². The topological polar surface area (TPSA) is 91.6 Å². The summed E-state index contributed by atoms with van der Waals surface area (Å²) in [5, 5.41) is 10.5. The number of aromatic nitrogens is 1. The van der Waals surface area contributed by atoms with Crippen molar-refractivity contribution in [1.29, 1.82) is 0 Å². The van der Waals surface area contributed by atoms with Crippen molar-refractivity contribution in [2.45, 2.75) is 31.8 Å². The summed E-state index contributed by atoms with van der Waals surface area (Å²) >= 11 is 0. The maximum atomic E-state index is 13.4. The van der Waals surface area contributed by atoms with E-state index in [1.807, 2.05) is 0 Å². The number of ether oxygens (including phenoxy) is 2. The minimum atomic E-state index is -1.17. The molecular weight excluding hydrogens is 283 g/mol. The first kappa shape index (κ1) is 15.1. The monoisotopic (exact) mass is 298 g/mol. The highest BCUT2D eigenvalue weighted by Crippen LogP contribution is 2.28. The Morgan fingerprint density at radius 2 is 2.05 bits per heavy atom. The maximum absolute atomic E-state index is 13.4. The maximum Gasteiger partial charge on any atom is 0.324 e. The van der Waals surface area contributed by atoms with Gasteiger partial charge in [0.1, 0.15) is 6.10 Å². The van der Waals surface area contributed by atoms with E-state index in [-0.39, 0.29) is 23.9 Å². The van der Waals surface area contributed by atoms with E-state index in [0.29, 0.717) is 25.7 Å². The van der Waals surface area contributed by atoms with E-state index in [9.17, 15) is 19.3 Å². The molecule has 1 fully saturated rings. The number of carbonyl (C=O) groups is 1. The van der Waals surface area contributed by atoms with Crippen LogP contribution in [0.15, 0.2) is 12.1 Å². The van der Waals surface area contributed by atoms with Gasteiger partial charge in [0, 0.05) is 12.1 Å². The Morgan fingerprint density at radius 1 is 1.38 bits per heavy atom. The molecule has 114 valence electrons. The first-order valence-corrected chi connectivity index (χ1v) is 6.56. The van der Waals surface area contributed by atoms with Crippen molar-refractivity contribution in [2.24, 2.45) is 5.92 Å². The summed E-state index contributed by atoms with van der Waals surface area (Å²) in [6.07, 6.45) is 2.33. The van der Waals surface area contributed by atoms with Gasteiger partial charge >= 0.3 is 11.7 Å². The summed E-state index contributed by atoms with van der Waals surface area (Å²) in [5.74, 6) is -1.51. The van der Waals surface area contributed by atoms with E-state index < -0.39 is 16.6 Å². The molecule has 0 aromatic carbocycles. The number of nitro groups is 1. The van der Waals surface area contributed by atoms with Crippen molar-refractivity contribution in [2.75, 3.05) is 7.11 Å². The molecule has 21 heavy (non-hydrogen) atoms. The van der Waals surface area contributed by atoms with Gasteiger partial charge in [0.25, 0.3) is 5.95 Å². The third-order valence-electron chi connectivity index (χ3n) is 3.50. The lowest BCUT2D eigenvalue weighted by atomic mass is 9.87. The molecule has 0 radical (unpaired) electrons. The summed E-state index contributed by atoms with van der Waals surface area (Å²) in [6, 6.07) is 2.30. The Labute approximate surface area is 120 Å². The summed E-state index contributed by atoms with van der Waals surface area (Å²) in [5.41, 5.74) is -0.684. The lowest BCUT2D eigenvalue weighted by Gasteiger charge is -2.26. The van der Waals surface area contributed by atoms with Gasteiger partial charge in [0.15, 0.2) is 0 Å². The Hall–Kier alpha value is -2.25. The van der Waals surface area contributed by atoms with Crippen LogP contribution in [0.3, 0.4) is 0 Å². The predicted octanol–water partition coefficient (Wildman–Crippen LogP) is 2.24. The Morgan fingerprint density at radius 3 is 2.57 bits per heavy atom. The molecule has 2 rings (SSSR count). The van der Waals surface area contributed by atoms with E-state index in [4.69, 9.17) is 4.74 Å². The average molecular weight is 298 g/mol. The molecule has 0 atom stereocenters. The molecule has 1 aromatic heterocycles. The lowest BCUT2D eigenvalue weighted by Crippen LogP contribution is -2.28. The van der Waals surface area contributed by atoms with E-state index in [0.717, 1.165) is 6.07 Å². The number of esters is 1. The van der Waals surface area contributed by atoms with E-state index in [1.165, 1.54) is 13.2 Å². The van der Waals surface area contributed by atoms with Crippen LogP contribution in [0.4, 0.5) is 10.1 Å². The van der Waals surface area contributed by atoms with Crippen molar-refractivity contribution in [3.63, 3.8) is 0 Å². The highest BCUT2D eigenvalue weighted by Gasteiger charge is 2.28. The molecule has 0 aliphatic heterocycles. The molecular formula is C13H15FN2O5. The molecule has 0 bridgehead atoms. The molecule has 0 amide bonds. The second-order valence-electron chi connectivity index (χ2n) is 4.83. The zero-order valence-electron chi connectivity index (χ0n) is 11.5. The molecule has 0 unspecified atom stereocenters. The molecule has 1 aromatic rings. The number of hydrogen-bond donors (Lipinski definition) is 0. The Kier molecular flexibility index (Phi) is 4.66. The number of pyridine rings is 1. The number of carbonyl (C=O) groups excluding carboxylic acids is 1. The highest BCUT2D eigenvalue weighted by molar-refractivity contribution is 5.72. The van der Waals surface area contributed by atoms with E-state index >= 15 is 0 Å². The molecule has 0 N–H and O–H groups in total. The van der Waals surface area contributed by atoms with Gasteiger partial charge in [-0.25, -0.2) is 0 Å².